The van der Waals surface area contributed by atoms with Crippen molar-refractivity contribution in [1.29, 1.82) is 0 Å². The third-order valence-corrected chi connectivity index (χ3v) is 3.85. The van der Waals surface area contributed by atoms with Crippen LogP contribution in [0.2, 0.25) is 0 Å². The van der Waals surface area contributed by atoms with Crippen molar-refractivity contribution in [1.82, 2.24) is 0 Å². The first-order valence-corrected chi connectivity index (χ1v) is 5.63. The van der Waals surface area contributed by atoms with E-state index in [1.54, 1.807) is 7.05 Å². The summed E-state index contributed by atoms with van der Waals surface area (Å²) < 4.78 is 0. The SMILES string of the molecule is CNc1sc2c(c1C(N)=O)CCCC2=O. The Labute approximate surface area is 91.5 Å². The van der Waals surface area contributed by atoms with Gasteiger partial charge in [0.1, 0.15) is 5.00 Å². The molecule has 1 heterocycles. The summed E-state index contributed by atoms with van der Waals surface area (Å²) in [6.07, 6.45) is 2.17. The monoisotopic (exact) mass is 224 g/mol. The first kappa shape index (κ1) is 10.2. The van der Waals surface area contributed by atoms with Gasteiger partial charge in [-0.15, -0.1) is 11.3 Å². The standard InChI is InChI=1S/C10H12N2O2S/c1-12-10-7(9(11)14)5-3-2-4-6(13)8(5)15-10/h12H,2-4H2,1H3,(H2,11,14). The van der Waals surface area contributed by atoms with E-state index in [2.05, 4.69) is 5.32 Å². The van der Waals surface area contributed by atoms with E-state index in [1.807, 2.05) is 0 Å². The van der Waals surface area contributed by atoms with Crippen molar-refractivity contribution >= 4 is 28.0 Å². The second kappa shape index (κ2) is 3.66. The molecule has 5 heteroatoms. The summed E-state index contributed by atoms with van der Waals surface area (Å²) in [5, 5.41) is 3.63. The molecule has 0 aromatic carbocycles. The van der Waals surface area contributed by atoms with Crippen molar-refractivity contribution in [2.75, 3.05) is 12.4 Å². The van der Waals surface area contributed by atoms with Crippen LogP contribution in [-0.4, -0.2) is 18.7 Å². The molecule has 2 rings (SSSR count). The second-order valence-corrected chi connectivity index (χ2v) is 4.53. The Balaban J connectivity index is 2.62. The average molecular weight is 224 g/mol. The summed E-state index contributed by atoms with van der Waals surface area (Å²) in [4.78, 5) is 23.6. The number of nitrogens with two attached hydrogens (primary N) is 1. The summed E-state index contributed by atoms with van der Waals surface area (Å²) in [7, 11) is 1.73. The van der Waals surface area contributed by atoms with E-state index in [0.717, 1.165) is 18.4 Å². The molecule has 80 valence electrons. The Morgan fingerprint density at radius 3 is 2.80 bits per heavy atom. The first-order valence-electron chi connectivity index (χ1n) is 4.81. The lowest BCUT2D eigenvalue weighted by Crippen LogP contribution is -2.16. The molecule has 1 aromatic heterocycles. The zero-order chi connectivity index (χ0) is 11.0. The zero-order valence-electron chi connectivity index (χ0n) is 8.42. The smallest absolute Gasteiger partial charge is 0.251 e. The number of nitrogens with one attached hydrogen (secondary N) is 1. The molecule has 0 aliphatic heterocycles. The van der Waals surface area contributed by atoms with Crippen molar-refractivity contribution in [3.63, 3.8) is 0 Å². The number of hydrogen-bond donors (Lipinski definition) is 2. The third-order valence-electron chi connectivity index (χ3n) is 2.56. The molecule has 0 radical (unpaired) electrons. The lowest BCUT2D eigenvalue weighted by atomic mass is 9.94. The van der Waals surface area contributed by atoms with E-state index in [1.165, 1.54) is 11.3 Å². The molecule has 1 aliphatic carbocycles. The van der Waals surface area contributed by atoms with E-state index >= 15 is 0 Å². The minimum Gasteiger partial charge on any atom is -0.379 e. The van der Waals surface area contributed by atoms with Crippen molar-refractivity contribution in [2.45, 2.75) is 19.3 Å². The van der Waals surface area contributed by atoms with E-state index in [9.17, 15) is 9.59 Å². The molecule has 0 bridgehead atoms. The highest BCUT2D eigenvalue weighted by Crippen LogP contribution is 2.37. The van der Waals surface area contributed by atoms with Crippen LogP contribution in [0.3, 0.4) is 0 Å². The number of ketones is 1. The van der Waals surface area contributed by atoms with Gasteiger partial charge in [-0.2, -0.15) is 0 Å². The third kappa shape index (κ3) is 1.52. The summed E-state index contributed by atoms with van der Waals surface area (Å²) in [6, 6.07) is 0. The first-order chi connectivity index (χ1) is 7.15. The molecule has 1 aliphatic rings. The van der Waals surface area contributed by atoms with Crippen LogP contribution >= 0.6 is 11.3 Å². The van der Waals surface area contributed by atoms with Crippen LogP contribution in [0.15, 0.2) is 0 Å². The number of hydrogen-bond acceptors (Lipinski definition) is 4. The normalized spacial score (nSPS) is 14.9. The van der Waals surface area contributed by atoms with Crippen LogP contribution in [0.25, 0.3) is 0 Å². The van der Waals surface area contributed by atoms with Crippen molar-refractivity contribution in [2.24, 2.45) is 5.73 Å². The quantitative estimate of drug-likeness (QED) is 0.797. The Bertz CT molecular complexity index is 437. The van der Waals surface area contributed by atoms with Gasteiger partial charge in [-0.3, -0.25) is 9.59 Å². The number of primary amides is 1. The minimum absolute atomic E-state index is 0.130. The predicted octanol–water partition coefficient (Wildman–Crippen LogP) is 1.41. The molecule has 1 amide bonds. The molecule has 0 saturated heterocycles. The highest BCUT2D eigenvalue weighted by molar-refractivity contribution is 7.18. The fraction of sp³-hybridized carbons (Fsp3) is 0.400. The van der Waals surface area contributed by atoms with Gasteiger partial charge in [0.2, 0.25) is 0 Å². The summed E-state index contributed by atoms with van der Waals surface area (Å²) in [5.41, 5.74) is 6.67. The number of carbonyl (C=O) groups excluding carboxylic acids is 2. The van der Waals surface area contributed by atoms with Crippen molar-refractivity contribution < 1.29 is 9.59 Å². The number of carbonyl (C=O) groups is 2. The topological polar surface area (TPSA) is 72.2 Å². The minimum atomic E-state index is -0.452. The molecular weight excluding hydrogens is 212 g/mol. The number of thiophene rings is 1. The van der Waals surface area contributed by atoms with Gasteiger partial charge in [0.05, 0.1) is 10.4 Å². The highest BCUT2D eigenvalue weighted by Gasteiger charge is 2.27. The lowest BCUT2D eigenvalue weighted by molar-refractivity contribution is 0.0977. The van der Waals surface area contributed by atoms with Gasteiger partial charge in [0.25, 0.3) is 5.91 Å². The van der Waals surface area contributed by atoms with Crippen molar-refractivity contribution in [3.8, 4) is 0 Å². The molecule has 0 fully saturated rings. The van der Waals surface area contributed by atoms with Crippen LogP contribution < -0.4 is 11.1 Å². The Kier molecular flexibility index (Phi) is 2.48. The van der Waals surface area contributed by atoms with Crippen LogP contribution in [0.4, 0.5) is 5.00 Å². The fourth-order valence-electron chi connectivity index (χ4n) is 1.90. The number of rotatable bonds is 2. The summed E-state index contributed by atoms with van der Waals surface area (Å²) >= 11 is 1.34. The summed E-state index contributed by atoms with van der Waals surface area (Å²) in [6.45, 7) is 0. The van der Waals surface area contributed by atoms with Gasteiger partial charge < -0.3 is 11.1 Å². The van der Waals surface area contributed by atoms with Gasteiger partial charge in [0, 0.05) is 13.5 Å². The molecule has 0 spiro atoms. The van der Waals surface area contributed by atoms with Gasteiger partial charge in [-0.25, -0.2) is 0 Å². The molecular formula is C10H12N2O2S. The second-order valence-electron chi connectivity index (χ2n) is 3.50. The van der Waals surface area contributed by atoms with Crippen LogP contribution in [-0.2, 0) is 6.42 Å². The van der Waals surface area contributed by atoms with Crippen LogP contribution in [0, 0.1) is 0 Å². The van der Waals surface area contributed by atoms with Gasteiger partial charge in [0.15, 0.2) is 5.78 Å². The maximum absolute atomic E-state index is 11.6. The van der Waals surface area contributed by atoms with Gasteiger partial charge in [-0.1, -0.05) is 0 Å². The highest BCUT2D eigenvalue weighted by atomic mass is 32.1. The molecule has 0 unspecified atom stereocenters. The summed E-state index contributed by atoms with van der Waals surface area (Å²) in [5.74, 6) is -0.322. The molecule has 4 nitrogen and oxygen atoms in total. The Hall–Kier alpha value is -1.36. The van der Waals surface area contributed by atoms with Crippen LogP contribution in [0.5, 0.6) is 0 Å². The number of anilines is 1. The predicted molar refractivity (Wildman–Crippen MR) is 59.7 cm³/mol. The van der Waals surface area contributed by atoms with E-state index in [0.29, 0.717) is 21.9 Å². The maximum atomic E-state index is 11.6. The Morgan fingerprint density at radius 2 is 2.20 bits per heavy atom. The maximum Gasteiger partial charge on any atom is 0.251 e. The largest absolute Gasteiger partial charge is 0.379 e. The van der Waals surface area contributed by atoms with E-state index < -0.39 is 5.91 Å². The van der Waals surface area contributed by atoms with Gasteiger partial charge >= 0.3 is 0 Å². The molecule has 3 N–H and O–H groups in total. The number of amides is 1. The number of Topliss-reactive ketones (excluding diaryl/α,β-unsaturated/α-hetero) is 1. The molecule has 15 heavy (non-hydrogen) atoms. The van der Waals surface area contributed by atoms with Crippen LogP contribution in [0.1, 0.15) is 38.4 Å². The molecule has 0 saturated carbocycles. The molecule has 1 aromatic rings. The molecule has 0 atom stereocenters. The average Bonchev–Trinajstić information content (AvgIpc) is 2.57. The van der Waals surface area contributed by atoms with Gasteiger partial charge in [-0.05, 0) is 18.4 Å². The van der Waals surface area contributed by atoms with E-state index in [4.69, 9.17) is 5.73 Å². The van der Waals surface area contributed by atoms with E-state index in [-0.39, 0.29) is 5.78 Å². The Morgan fingerprint density at radius 1 is 1.47 bits per heavy atom. The van der Waals surface area contributed by atoms with Crippen molar-refractivity contribution in [3.05, 3.63) is 16.0 Å². The number of fused-ring (bicyclic) bond motifs is 1. The zero-order valence-corrected chi connectivity index (χ0v) is 9.24. The lowest BCUT2D eigenvalue weighted by Gasteiger charge is -2.10. The fourth-order valence-corrected chi connectivity index (χ4v) is 3.08.